The van der Waals surface area contributed by atoms with Gasteiger partial charge in [0.2, 0.25) is 0 Å². The normalized spacial score (nSPS) is 14.8. The fraction of sp³-hybridized carbons (Fsp3) is 0.857. The van der Waals surface area contributed by atoms with Crippen LogP contribution in [0.5, 0.6) is 0 Å². The van der Waals surface area contributed by atoms with Gasteiger partial charge in [-0.15, -0.1) is 0 Å². The Bertz CT molecular complexity index is 238. The highest BCUT2D eigenvalue weighted by molar-refractivity contribution is 7.80. The van der Waals surface area contributed by atoms with E-state index in [0.717, 1.165) is 11.3 Å². The lowest BCUT2D eigenvalue weighted by Crippen LogP contribution is -2.32. The maximum atomic E-state index is 3.50. The van der Waals surface area contributed by atoms with Crippen molar-refractivity contribution in [1.29, 1.82) is 0 Å². The van der Waals surface area contributed by atoms with Crippen molar-refractivity contribution in [3.8, 4) is 0 Å². The van der Waals surface area contributed by atoms with E-state index in [1.165, 1.54) is 0 Å². The molecule has 0 saturated carbocycles. The van der Waals surface area contributed by atoms with E-state index < -0.39 is 7.26 Å². The summed E-state index contributed by atoms with van der Waals surface area (Å²) in [7, 11) is -0.992. The van der Waals surface area contributed by atoms with Crippen LogP contribution < -0.4 is 5.32 Å². The molecule has 0 aliphatic rings. The van der Waals surface area contributed by atoms with Crippen molar-refractivity contribution in [3.05, 3.63) is 11.5 Å². The maximum absolute atomic E-state index is 3.50. The molecule has 0 saturated heterocycles. The molecule has 0 aliphatic heterocycles. The number of nitrogens with one attached hydrogen (secondary N) is 1. The molecule has 1 nitrogen and oxygen atoms in total. The van der Waals surface area contributed by atoms with Gasteiger partial charge in [-0.2, -0.15) is 0 Å². The van der Waals surface area contributed by atoms with Crippen molar-refractivity contribution in [2.24, 2.45) is 0 Å². The second kappa shape index (κ2) is 5.54. The van der Waals surface area contributed by atoms with Crippen LogP contribution in [0.3, 0.4) is 0 Å². The van der Waals surface area contributed by atoms with E-state index in [2.05, 4.69) is 73.6 Å². The summed E-state index contributed by atoms with van der Waals surface area (Å²) in [6.45, 7) is 20.9. The number of hydrogen-bond acceptors (Lipinski definition) is 1. The molecule has 0 radical (unpaired) electrons. The Balaban J connectivity index is 4.97. The second-order valence-electron chi connectivity index (χ2n) is 6.51. The first-order valence-electron chi connectivity index (χ1n) is 6.32. The third-order valence-electron chi connectivity index (χ3n) is 3.62. The van der Waals surface area contributed by atoms with Crippen molar-refractivity contribution in [2.75, 3.05) is 6.66 Å². The molecule has 0 bridgehead atoms. The molecule has 16 heavy (non-hydrogen) atoms. The van der Waals surface area contributed by atoms with Gasteiger partial charge in [0, 0.05) is 19.0 Å². The summed E-state index contributed by atoms with van der Waals surface area (Å²) in [5.41, 5.74) is 1.70. The first-order chi connectivity index (χ1) is 7.01. The number of allylic oxidation sites excluding steroid dienone is 1. The van der Waals surface area contributed by atoms with Gasteiger partial charge in [0.05, 0.1) is 23.3 Å². The predicted molar refractivity (Wildman–Crippen MR) is 79.8 cm³/mol. The van der Waals surface area contributed by atoms with Gasteiger partial charge in [-0.3, -0.25) is 0 Å². The first-order valence-corrected chi connectivity index (χ1v) is 8.70. The highest BCUT2D eigenvalue weighted by Gasteiger charge is 2.41. The fourth-order valence-corrected chi connectivity index (χ4v) is 5.04. The van der Waals surface area contributed by atoms with E-state index in [1.54, 1.807) is 5.31 Å². The summed E-state index contributed by atoms with van der Waals surface area (Å²) in [6.07, 6.45) is 2.26. The lowest BCUT2D eigenvalue weighted by molar-refractivity contribution is 0.490. The molecule has 0 aliphatic carbocycles. The second-order valence-corrected chi connectivity index (χ2v) is 11.6. The molecule has 0 unspecified atom stereocenters. The van der Waals surface area contributed by atoms with E-state index in [1.807, 2.05) is 0 Å². The molecular formula is C14H31NP+. The summed E-state index contributed by atoms with van der Waals surface area (Å²) in [6, 6.07) is 0. The van der Waals surface area contributed by atoms with Gasteiger partial charge in [0.25, 0.3) is 0 Å². The van der Waals surface area contributed by atoms with Crippen molar-refractivity contribution >= 4 is 7.26 Å². The van der Waals surface area contributed by atoms with Crippen LogP contribution in [0, 0.1) is 0 Å². The fourth-order valence-electron chi connectivity index (χ4n) is 1.87. The van der Waals surface area contributed by atoms with E-state index >= 15 is 0 Å². The summed E-state index contributed by atoms with van der Waals surface area (Å²) >= 11 is 0. The maximum Gasteiger partial charge on any atom is 0.0842 e. The van der Waals surface area contributed by atoms with E-state index in [-0.39, 0.29) is 5.54 Å². The van der Waals surface area contributed by atoms with Crippen LogP contribution in [0.25, 0.3) is 0 Å². The molecule has 0 rings (SSSR count). The molecule has 0 heterocycles. The Hall–Kier alpha value is -0.0300. The zero-order chi connectivity index (χ0) is 13.1. The summed E-state index contributed by atoms with van der Waals surface area (Å²) < 4.78 is 0. The van der Waals surface area contributed by atoms with E-state index in [9.17, 15) is 0 Å². The largest absolute Gasteiger partial charge is 0.383 e. The Labute approximate surface area is 103 Å². The van der Waals surface area contributed by atoms with Crippen molar-refractivity contribution in [3.63, 3.8) is 0 Å². The highest BCUT2D eigenvalue weighted by Crippen LogP contribution is 2.69. The van der Waals surface area contributed by atoms with Gasteiger partial charge in [-0.05, 0) is 55.4 Å². The minimum absolute atomic E-state index is 0.167. The van der Waals surface area contributed by atoms with Crippen LogP contribution in [0.2, 0.25) is 0 Å². The smallest absolute Gasteiger partial charge is 0.0842 e. The molecule has 1 N–H and O–H groups in total. The number of rotatable bonds is 4. The van der Waals surface area contributed by atoms with Crippen LogP contribution in [-0.4, -0.2) is 23.5 Å². The predicted octanol–water partition coefficient (Wildman–Crippen LogP) is 4.70. The quantitative estimate of drug-likeness (QED) is 0.707. The van der Waals surface area contributed by atoms with Gasteiger partial charge < -0.3 is 5.32 Å². The Morgan fingerprint density at radius 2 is 1.44 bits per heavy atom. The average Bonchev–Trinajstić information content (AvgIpc) is 2.10. The molecule has 96 valence electrons. The minimum Gasteiger partial charge on any atom is -0.383 e. The molecule has 2 heteroatoms. The van der Waals surface area contributed by atoms with Crippen LogP contribution in [0.4, 0.5) is 0 Å². The van der Waals surface area contributed by atoms with Crippen LogP contribution >= 0.6 is 7.26 Å². The van der Waals surface area contributed by atoms with E-state index in [4.69, 9.17) is 0 Å². The monoisotopic (exact) mass is 244 g/mol. The molecule has 0 fully saturated rings. The average molecular weight is 244 g/mol. The minimum atomic E-state index is -0.992. The molecule has 0 aromatic heterocycles. The Kier molecular flexibility index (Phi) is 5.53. The van der Waals surface area contributed by atoms with Gasteiger partial charge in [0.1, 0.15) is 0 Å². The number of hydrogen-bond donors (Lipinski definition) is 1. The molecule has 0 atom stereocenters. The van der Waals surface area contributed by atoms with Crippen LogP contribution in [0.15, 0.2) is 11.5 Å². The van der Waals surface area contributed by atoms with Gasteiger partial charge >= 0.3 is 0 Å². The molecular weight excluding hydrogens is 213 g/mol. The standard InChI is InChI=1S/C14H31NP/c1-11(2)16(9,12(3)4)13(5)10-15-14(6,7)8/h10-12,15H,1-9H3/q+1/b13-10+. The van der Waals surface area contributed by atoms with Crippen LogP contribution in [0.1, 0.15) is 55.4 Å². The zero-order valence-corrected chi connectivity index (χ0v) is 13.6. The third kappa shape index (κ3) is 4.09. The van der Waals surface area contributed by atoms with Gasteiger partial charge in [-0.1, -0.05) is 0 Å². The SMILES string of the molecule is C/C(=C\NC(C)(C)C)[P+](C)(C(C)C)C(C)C. The lowest BCUT2D eigenvalue weighted by atomic mass is 10.1. The summed E-state index contributed by atoms with van der Waals surface area (Å²) in [5.74, 6) is 0. The van der Waals surface area contributed by atoms with Crippen molar-refractivity contribution in [1.82, 2.24) is 5.32 Å². The van der Waals surface area contributed by atoms with E-state index in [0.29, 0.717) is 0 Å². The topological polar surface area (TPSA) is 12.0 Å². The van der Waals surface area contributed by atoms with Crippen LogP contribution in [-0.2, 0) is 0 Å². The summed E-state index contributed by atoms with van der Waals surface area (Å²) in [5, 5.41) is 5.07. The zero-order valence-electron chi connectivity index (χ0n) is 12.7. The Morgan fingerprint density at radius 1 is 1.06 bits per heavy atom. The molecule has 0 spiro atoms. The highest BCUT2D eigenvalue weighted by atomic mass is 31.2. The molecule has 0 aromatic carbocycles. The third-order valence-corrected chi connectivity index (χ3v) is 9.56. The van der Waals surface area contributed by atoms with Crippen molar-refractivity contribution in [2.45, 2.75) is 72.2 Å². The van der Waals surface area contributed by atoms with Crippen molar-refractivity contribution < 1.29 is 0 Å². The van der Waals surface area contributed by atoms with Gasteiger partial charge in [-0.25, -0.2) is 0 Å². The lowest BCUT2D eigenvalue weighted by Gasteiger charge is -2.32. The molecule has 0 aromatic rings. The molecule has 0 amide bonds. The first kappa shape index (κ1) is 16.0. The van der Waals surface area contributed by atoms with Gasteiger partial charge in [0.15, 0.2) is 0 Å². The summed E-state index contributed by atoms with van der Waals surface area (Å²) in [4.78, 5) is 0. The Morgan fingerprint density at radius 3 is 1.69 bits per heavy atom.